The third-order valence-corrected chi connectivity index (χ3v) is 1.58. The Morgan fingerprint density at radius 3 is 2.93 bits per heavy atom. The van der Waals surface area contributed by atoms with E-state index in [-0.39, 0.29) is 5.75 Å². The molecule has 6 nitrogen and oxygen atoms in total. The standard InChI is InChI=1S/C7H10F2N4O2/c1-2-13-4-5(3-11-13)15-7(8,9)6(14)12-10/h3-4H,2,10H2,1H3,(H,12,14). The van der Waals surface area contributed by atoms with Gasteiger partial charge in [0.25, 0.3) is 0 Å². The van der Waals surface area contributed by atoms with Crippen LogP contribution in [0.25, 0.3) is 0 Å². The molecule has 15 heavy (non-hydrogen) atoms. The number of aryl methyl sites for hydroxylation is 1. The molecule has 0 spiro atoms. The van der Waals surface area contributed by atoms with Crippen LogP contribution in [0.3, 0.4) is 0 Å². The molecule has 0 atom stereocenters. The van der Waals surface area contributed by atoms with E-state index in [9.17, 15) is 13.6 Å². The second-order valence-electron chi connectivity index (χ2n) is 2.62. The van der Waals surface area contributed by atoms with Crippen molar-refractivity contribution >= 4 is 5.91 Å². The van der Waals surface area contributed by atoms with Crippen molar-refractivity contribution in [1.29, 1.82) is 0 Å². The Hall–Kier alpha value is -1.70. The molecule has 0 saturated heterocycles. The number of rotatable bonds is 4. The highest BCUT2D eigenvalue weighted by molar-refractivity contribution is 5.81. The minimum absolute atomic E-state index is 0.203. The summed E-state index contributed by atoms with van der Waals surface area (Å²) < 4.78 is 31.2. The third-order valence-electron chi connectivity index (χ3n) is 1.58. The number of alkyl halides is 2. The number of nitrogens with two attached hydrogens (primary N) is 1. The number of hydrogen-bond donors (Lipinski definition) is 2. The lowest BCUT2D eigenvalue weighted by Gasteiger charge is -2.13. The minimum Gasteiger partial charge on any atom is -0.422 e. The predicted octanol–water partition coefficient (Wildman–Crippen LogP) is -0.136. The molecule has 0 aromatic carbocycles. The van der Waals surface area contributed by atoms with Gasteiger partial charge in [-0.25, -0.2) is 5.84 Å². The normalized spacial score (nSPS) is 11.2. The topological polar surface area (TPSA) is 82.2 Å². The number of halogens is 2. The minimum atomic E-state index is -4.00. The van der Waals surface area contributed by atoms with Crippen LogP contribution in [0.1, 0.15) is 6.92 Å². The van der Waals surface area contributed by atoms with E-state index in [0.29, 0.717) is 6.54 Å². The molecule has 0 aliphatic carbocycles. The van der Waals surface area contributed by atoms with Crippen molar-refractivity contribution in [1.82, 2.24) is 15.2 Å². The second-order valence-corrected chi connectivity index (χ2v) is 2.62. The lowest BCUT2D eigenvalue weighted by Crippen LogP contribution is -2.47. The molecule has 1 aromatic heterocycles. The van der Waals surface area contributed by atoms with Crippen molar-refractivity contribution in [3.63, 3.8) is 0 Å². The molecule has 3 N–H and O–H groups in total. The molecule has 0 radical (unpaired) electrons. The monoisotopic (exact) mass is 220 g/mol. The Morgan fingerprint density at radius 1 is 1.80 bits per heavy atom. The lowest BCUT2D eigenvalue weighted by atomic mass is 10.5. The van der Waals surface area contributed by atoms with Gasteiger partial charge in [0.2, 0.25) is 0 Å². The first-order chi connectivity index (χ1) is 6.99. The van der Waals surface area contributed by atoms with E-state index in [0.717, 1.165) is 6.20 Å². The van der Waals surface area contributed by atoms with Gasteiger partial charge in [-0.2, -0.15) is 13.9 Å². The van der Waals surface area contributed by atoms with Crippen LogP contribution in [-0.2, 0) is 11.3 Å². The molecule has 0 aliphatic rings. The molecule has 84 valence electrons. The Balaban J connectivity index is 2.72. The van der Waals surface area contributed by atoms with E-state index in [1.165, 1.54) is 16.3 Å². The van der Waals surface area contributed by atoms with Gasteiger partial charge in [0.1, 0.15) is 0 Å². The fraction of sp³-hybridized carbons (Fsp3) is 0.429. The smallest absolute Gasteiger partial charge is 0.422 e. The van der Waals surface area contributed by atoms with E-state index < -0.39 is 12.0 Å². The van der Waals surface area contributed by atoms with Crippen LogP contribution in [-0.4, -0.2) is 21.8 Å². The summed E-state index contributed by atoms with van der Waals surface area (Å²) in [6.45, 7) is 2.29. The second kappa shape index (κ2) is 4.22. The molecular weight excluding hydrogens is 210 g/mol. The van der Waals surface area contributed by atoms with Crippen molar-refractivity contribution < 1.29 is 18.3 Å². The van der Waals surface area contributed by atoms with Crippen molar-refractivity contribution in [3.8, 4) is 5.75 Å². The highest BCUT2D eigenvalue weighted by atomic mass is 19.3. The number of hydrazine groups is 1. The van der Waals surface area contributed by atoms with Crippen LogP contribution in [0.15, 0.2) is 12.4 Å². The maximum atomic E-state index is 12.9. The fourth-order valence-electron chi connectivity index (χ4n) is 0.849. The molecule has 1 rings (SSSR count). The first kappa shape index (κ1) is 11.4. The number of carbonyl (C=O) groups is 1. The van der Waals surface area contributed by atoms with Crippen LogP contribution >= 0.6 is 0 Å². The number of carbonyl (C=O) groups excluding carboxylic acids is 1. The average Bonchev–Trinajstić information content (AvgIpc) is 2.63. The molecule has 1 heterocycles. The SMILES string of the molecule is CCn1cc(OC(F)(F)C(=O)NN)cn1. The molecule has 0 fully saturated rings. The van der Waals surface area contributed by atoms with E-state index in [1.54, 1.807) is 6.92 Å². The molecule has 1 aromatic rings. The van der Waals surface area contributed by atoms with Crippen LogP contribution < -0.4 is 16.0 Å². The van der Waals surface area contributed by atoms with E-state index in [4.69, 9.17) is 0 Å². The zero-order chi connectivity index (χ0) is 11.5. The predicted molar refractivity (Wildman–Crippen MR) is 45.8 cm³/mol. The molecule has 0 aliphatic heterocycles. The summed E-state index contributed by atoms with van der Waals surface area (Å²) in [5.74, 6) is 2.64. The van der Waals surface area contributed by atoms with Crippen LogP contribution in [0, 0.1) is 0 Å². The zero-order valence-electron chi connectivity index (χ0n) is 7.91. The lowest BCUT2D eigenvalue weighted by molar-refractivity contribution is -0.192. The number of amides is 1. The van der Waals surface area contributed by atoms with E-state index in [2.05, 4.69) is 15.7 Å². The van der Waals surface area contributed by atoms with E-state index >= 15 is 0 Å². The van der Waals surface area contributed by atoms with Gasteiger partial charge in [0, 0.05) is 6.54 Å². The van der Waals surface area contributed by atoms with Gasteiger partial charge in [0.05, 0.1) is 12.4 Å². The number of ether oxygens (including phenoxy) is 1. The van der Waals surface area contributed by atoms with Gasteiger partial charge >= 0.3 is 12.0 Å². The number of nitrogens with one attached hydrogen (secondary N) is 1. The van der Waals surface area contributed by atoms with Gasteiger partial charge in [-0.15, -0.1) is 0 Å². The molecule has 0 saturated carbocycles. The largest absolute Gasteiger partial charge is 0.483 e. The number of nitrogens with zero attached hydrogens (tertiary/aromatic N) is 2. The van der Waals surface area contributed by atoms with Crippen LogP contribution in [0.5, 0.6) is 5.75 Å². The molecule has 0 unspecified atom stereocenters. The summed E-state index contributed by atoms with van der Waals surface area (Å²) in [4.78, 5) is 10.6. The first-order valence-corrected chi connectivity index (χ1v) is 4.10. The van der Waals surface area contributed by atoms with E-state index in [1.807, 2.05) is 0 Å². The quantitative estimate of drug-likeness (QED) is 0.420. The summed E-state index contributed by atoms with van der Waals surface area (Å²) >= 11 is 0. The van der Waals surface area contributed by atoms with Gasteiger partial charge in [0.15, 0.2) is 5.75 Å². The Bertz CT molecular complexity index is 353. The Kier molecular flexibility index (Phi) is 3.20. The van der Waals surface area contributed by atoms with Crippen LogP contribution in [0.4, 0.5) is 8.78 Å². The highest BCUT2D eigenvalue weighted by Crippen LogP contribution is 2.20. The average molecular weight is 220 g/mol. The molecule has 8 heteroatoms. The highest BCUT2D eigenvalue weighted by Gasteiger charge is 2.42. The maximum absolute atomic E-state index is 12.9. The third kappa shape index (κ3) is 2.62. The van der Waals surface area contributed by atoms with Crippen molar-refractivity contribution in [2.75, 3.05) is 0 Å². The van der Waals surface area contributed by atoms with Crippen molar-refractivity contribution in [2.24, 2.45) is 5.84 Å². The Morgan fingerprint density at radius 2 is 2.47 bits per heavy atom. The molecular formula is C7H10F2N4O2. The summed E-state index contributed by atoms with van der Waals surface area (Å²) in [7, 11) is 0. The van der Waals surface area contributed by atoms with Gasteiger partial charge in [-0.3, -0.25) is 14.9 Å². The van der Waals surface area contributed by atoms with Gasteiger partial charge in [-0.1, -0.05) is 0 Å². The van der Waals surface area contributed by atoms with Crippen LogP contribution in [0.2, 0.25) is 0 Å². The zero-order valence-corrected chi connectivity index (χ0v) is 7.91. The van der Waals surface area contributed by atoms with Crippen molar-refractivity contribution in [3.05, 3.63) is 12.4 Å². The first-order valence-electron chi connectivity index (χ1n) is 4.10. The number of aromatic nitrogens is 2. The molecule has 1 amide bonds. The van der Waals surface area contributed by atoms with Crippen molar-refractivity contribution in [2.45, 2.75) is 19.6 Å². The summed E-state index contributed by atoms with van der Waals surface area (Å²) in [5.41, 5.74) is 1.31. The summed E-state index contributed by atoms with van der Waals surface area (Å²) in [6, 6.07) is 0. The van der Waals surface area contributed by atoms with Gasteiger partial charge in [-0.05, 0) is 6.92 Å². The Labute approximate surface area is 84.0 Å². The number of hydrogen-bond acceptors (Lipinski definition) is 4. The molecule has 0 bridgehead atoms. The summed E-state index contributed by atoms with van der Waals surface area (Å²) in [6.07, 6.45) is -1.67. The van der Waals surface area contributed by atoms with Gasteiger partial charge < -0.3 is 4.74 Å². The fourth-order valence-corrected chi connectivity index (χ4v) is 0.849. The maximum Gasteiger partial charge on any atom is 0.483 e. The summed E-state index contributed by atoms with van der Waals surface area (Å²) in [5, 5.41) is 3.70.